The Balaban J connectivity index is 2.70. The van der Waals surface area contributed by atoms with Crippen LogP contribution in [0.3, 0.4) is 0 Å². The fourth-order valence-corrected chi connectivity index (χ4v) is 2.05. The van der Waals surface area contributed by atoms with Crippen molar-refractivity contribution in [1.82, 2.24) is 0 Å². The Morgan fingerprint density at radius 2 is 2.33 bits per heavy atom. The summed E-state index contributed by atoms with van der Waals surface area (Å²) in [5, 5.41) is 0. The quantitative estimate of drug-likeness (QED) is 0.662. The van der Waals surface area contributed by atoms with E-state index in [2.05, 4.69) is 13.0 Å². The van der Waals surface area contributed by atoms with Crippen LogP contribution >= 0.6 is 34.5 Å². The van der Waals surface area contributed by atoms with Gasteiger partial charge in [-0.25, -0.2) is 0 Å². The number of halogens is 2. The number of allylic oxidation sites excluding steroid dienone is 2. The first-order valence-corrected chi connectivity index (χ1v) is 5.45. The fraction of sp³-hybridized carbons (Fsp3) is 0.333. The average molecular weight is 221 g/mol. The van der Waals surface area contributed by atoms with Crippen molar-refractivity contribution >= 4 is 40.1 Å². The van der Waals surface area contributed by atoms with Crippen molar-refractivity contribution in [3.8, 4) is 0 Å². The number of hydrogen-bond donors (Lipinski definition) is 0. The second-order valence-corrected chi connectivity index (χ2v) is 4.56. The third-order valence-corrected chi connectivity index (χ3v) is 3.11. The second kappa shape index (κ2) is 4.90. The van der Waals surface area contributed by atoms with E-state index in [1.165, 1.54) is 10.5 Å². The van der Waals surface area contributed by atoms with Crippen molar-refractivity contribution in [3.63, 3.8) is 0 Å². The van der Waals surface area contributed by atoms with E-state index < -0.39 is 0 Å². The summed E-state index contributed by atoms with van der Waals surface area (Å²) < 4.78 is 0.837. The van der Waals surface area contributed by atoms with E-state index in [1.54, 1.807) is 11.3 Å². The summed E-state index contributed by atoms with van der Waals surface area (Å²) in [6.45, 7) is 2.08. The van der Waals surface area contributed by atoms with Crippen molar-refractivity contribution in [2.45, 2.75) is 13.3 Å². The average Bonchev–Trinajstić information content (AvgIpc) is 2.47. The highest BCUT2D eigenvalue weighted by Crippen LogP contribution is 2.27. The van der Waals surface area contributed by atoms with Crippen LogP contribution < -0.4 is 0 Å². The first-order valence-electron chi connectivity index (χ1n) is 3.72. The van der Waals surface area contributed by atoms with Crippen LogP contribution in [0.4, 0.5) is 0 Å². The molecule has 0 atom stereocenters. The van der Waals surface area contributed by atoms with Crippen LogP contribution in [-0.2, 0) is 0 Å². The standard InChI is InChI=1S/C9H10Cl2S/c1-7(3-2-6-10)8-4-5-9(11)12-8/h3-5H,2,6H2,1H3. The summed E-state index contributed by atoms with van der Waals surface area (Å²) in [6, 6.07) is 3.95. The lowest BCUT2D eigenvalue weighted by atomic mass is 10.2. The van der Waals surface area contributed by atoms with Gasteiger partial charge in [-0.3, -0.25) is 0 Å². The van der Waals surface area contributed by atoms with Gasteiger partial charge in [0.2, 0.25) is 0 Å². The number of hydrogen-bond acceptors (Lipinski definition) is 1. The van der Waals surface area contributed by atoms with Gasteiger partial charge in [-0.2, -0.15) is 0 Å². The predicted octanol–water partition coefficient (Wildman–Crippen LogP) is 4.43. The fourth-order valence-electron chi connectivity index (χ4n) is 0.898. The first-order chi connectivity index (χ1) is 5.74. The van der Waals surface area contributed by atoms with Gasteiger partial charge in [-0.15, -0.1) is 22.9 Å². The Morgan fingerprint density at radius 1 is 1.58 bits per heavy atom. The highest BCUT2D eigenvalue weighted by Gasteiger charge is 1.98. The predicted molar refractivity (Wildman–Crippen MR) is 58.3 cm³/mol. The molecule has 0 nitrogen and oxygen atoms in total. The Bertz CT molecular complexity index is 276. The summed E-state index contributed by atoms with van der Waals surface area (Å²) >= 11 is 13.0. The zero-order chi connectivity index (χ0) is 8.97. The van der Waals surface area contributed by atoms with Gasteiger partial charge in [0.25, 0.3) is 0 Å². The molecule has 1 heterocycles. The smallest absolute Gasteiger partial charge is 0.0934 e. The molecule has 0 fully saturated rings. The topological polar surface area (TPSA) is 0 Å². The van der Waals surface area contributed by atoms with Gasteiger partial charge in [0.05, 0.1) is 4.34 Å². The Hall–Kier alpha value is 0.0200. The molecule has 0 unspecified atom stereocenters. The van der Waals surface area contributed by atoms with Gasteiger partial charge < -0.3 is 0 Å². The largest absolute Gasteiger partial charge is 0.126 e. The van der Waals surface area contributed by atoms with E-state index in [0.717, 1.165) is 10.8 Å². The van der Waals surface area contributed by atoms with Crippen LogP contribution in [0.15, 0.2) is 18.2 Å². The van der Waals surface area contributed by atoms with Crippen molar-refractivity contribution in [2.75, 3.05) is 5.88 Å². The Morgan fingerprint density at radius 3 is 2.83 bits per heavy atom. The van der Waals surface area contributed by atoms with Crippen molar-refractivity contribution in [2.24, 2.45) is 0 Å². The molecule has 1 aromatic heterocycles. The molecule has 0 aliphatic carbocycles. The third-order valence-electron chi connectivity index (χ3n) is 1.52. The van der Waals surface area contributed by atoms with E-state index >= 15 is 0 Å². The number of thiophene rings is 1. The molecule has 0 spiro atoms. The molecule has 0 saturated heterocycles. The maximum atomic E-state index is 5.80. The van der Waals surface area contributed by atoms with Crippen LogP contribution in [0.25, 0.3) is 5.57 Å². The first kappa shape index (κ1) is 10.1. The Kier molecular flexibility index (Phi) is 4.13. The Labute approximate surface area is 86.8 Å². The summed E-state index contributed by atoms with van der Waals surface area (Å²) in [6.07, 6.45) is 3.05. The monoisotopic (exact) mass is 220 g/mol. The highest BCUT2D eigenvalue weighted by molar-refractivity contribution is 7.17. The van der Waals surface area contributed by atoms with Gasteiger partial charge in [-0.05, 0) is 31.1 Å². The van der Waals surface area contributed by atoms with E-state index in [1.807, 2.05) is 12.1 Å². The molecule has 0 aliphatic heterocycles. The van der Waals surface area contributed by atoms with Gasteiger partial charge >= 0.3 is 0 Å². The zero-order valence-electron chi connectivity index (χ0n) is 6.81. The third kappa shape index (κ3) is 2.81. The van der Waals surface area contributed by atoms with Crippen LogP contribution in [0, 0.1) is 0 Å². The van der Waals surface area contributed by atoms with Gasteiger partial charge in [0, 0.05) is 10.8 Å². The lowest BCUT2D eigenvalue weighted by Gasteiger charge is -1.94. The molecule has 0 amide bonds. The zero-order valence-corrected chi connectivity index (χ0v) is 9.14. The normalized spacial score (nSPS) is 12.1. The molecule has 0 saturated carbocycles. The van der Waals surface area contributed by atoms with Gasteiger partial charge in [0.15, 0.2) is 0 Å². The van der Waals surface area contributed by atoms with E-state index in [0.29, 0.717) is 5.88 Å². The molecule has 3 heteroatoms. The molecule has 1 aromatic rings. The SMILES string of the molecule is CC(=CCCCl)c1ccc(Cl)s1. The summed E-state index contributed by atoms with van der Waals surface area (Å²) in [4.78, 5) is 1.23. The minimum atomic E-state index is 0.677. The molecule has 12 heavy (non-hydrogen) atoms. The maximum absolute atomic E-state index is 5.80. The van der Waals surface area contributed by atoms with Crippen LogP contribution in [-0.4, -0.2) is 5.88 Å². The van der Waals surface area contributed by atoms with Crippen LogP contribution in [0.5, 0.6) is 0 Å². The minimum Gasteiger partial charge on any atom is -0.126 e. The van der Waals surface area contributed by atoms with Crippen LogP contribution in [0.1, 0.15) is 18.2 Å². The molecule has 0 N–H and O–H groups in total. The number of rotatable bonds is 3. The molecule has 1 rings (SSSR count). The molecule has 0 aromatic carbocycles. The lowest BCUT2D eigenvalue weighted by molar-refractivity contribution is 1.23. The molecular formula is C9H10Cl2S. The van der Waals surface area contributed by atoms with Gasteiger partial charge in [-0.1, -0.05) is 17.7 Å². The molecule has 66 valence electrons. The summed E-state index contributed by atoms with van der Waals surface area (Å²) in [7, 11) is 0. The molecular weight excluding hydrogens is 211 g/mol. The number of alkyl halides is 1. The van der Waals surface area contributed by atoms with Crippen molar-refractivity contribution in [1.29, 1.82) is 0 Å². The highest BCUT2D eigenvalue weighted by atomic mass is 35.5. The van der Waals surface area contributed by atoms with Crippen LogP contribution in [0.2, 0.25) is 4.34 Å². The molecule has 0 radical (unpaired) electrons. The maximum Gasteiger partial charge on any atom is 0.0934 e. The summed E-state index contributed by atoms with van der Waals surface area (Å²) in [5.74, 6) is 0.677. The van der Waals surface area contributed by atoms with E-state index in [4.69, 9.17) is 23.2 Å². The van der Waals surface area contributed by atoms with Crippen molar-refractivity contribution < 1.29 is 0 Å². The summed E-state index contributed by atoms with van der Waals surface area (Å²) in [5.41, 5.74) is 1.26. The molecule has 0 aliphatic rings. The van der Waals surface area contributed by atoms with E-state index in [9.17, 15) is 0 Å². The van der Waals surface area contributed by atoms with Gasteiger partial charge in [0.1, 0.15) is 0 Å². The van der Waals surface area contributed by atoms with E-state index in [-0.39, 0.29) is 0 Å². The minimum absolute atomic E-state index is 0.677. The lowest BCUT2D eigenvalue weighted by Crippen LogP contribution is -1.73. The second-order valence-electron chi connectivity index (χ2n) is 2.47. The molecule has 0 bridgehead atoms. The van der Waals surface area contributed by atoms with Crippen molar-refractivity contribution in [3.05, 3.63) is 27.4 Å².